The molecule has 0 bridgehead atoms. The van der Waals surface area contributed by atoms with Crippen LogP contribution in [-0.4, -0.2) is 5.16 Å². The number of aromatic amines is 1. The van der Waals surface area contributed by atoms with Gasteiger partial charge < -0.3 is 10.3 Å². The molecule has 0 unspecified atom stereocenters. The van der Waals surface area contributed by atoms with Crippen LogP contribution in [0.25, 0.3) is 0 Å². The molecule has 0 radical (unpaired) electrons. The molecule has 0 fully saturated rings. The van der Waals surface area contributed by atoms with E-state index in [1.54, 1.807) is 0 Å². The summed E-state index contributed by atoms with van der Waals surface area (Å²) in [5, 5.41) is 10.6. The molecule has 3 N–H and O–H groups in total. The summed E-state index contributed by atoms with van der Waals surface area (Å²) in [7, 11) is 0. The summed E-state index contributed by atoms with van der Waals surface area (Å²) in [4.78, 5) is 10.5. The van der Waals surface area contributed by atoms with E-state index in [9.17, 15) is 4.79 Å². The fraction of sp³-hybridized carbons (Fsp3) is 0.333. The van der Waals surface area contributed by atoms with Crippen molar-refractivity contribution in [1.82, 2.24) is 5.16 Å². The minimum absolute atomic E-state index is 0.162. The van der Waals surface area contributed by atoms with Crippen molar-refractivity contribution < 1.29 is 4.52 Å². The van der Waals surface area contributed by atoms with Gasteiger partial charge in [0.1, 0.15) is 0 Å². The summed E-state index contributed by atoms with van der Waals surface area (Å²) >= 11 is 0. The summed E-state index contributed by atoms with van der Waals surface area (Å²) in [5.41, 5.74) is 5.44. The fourth-order valence-electron chi connectivity index (χ4n) is 0.686. The molecule has 0 aliphatic rings. The standard InChI is InChI=1S/C6H7N3O2/c7-2-1-4(8)5-3-6(10)11-9-5/h3-4,9H,1,8H2/t4-/m0/s1. The van der Waals surface area contributed by atoms with Gasteiger partial charge in [-0.1, -0.05) is 0 Å². The van der Waals surface area contributed by atoms with Gasteiger partial charge in [0, 0.05) is 6.07 Å². The van der Waals surface area contributed by atoms with Gasteiger partial charge in [0.15, 0.2) is 0 Å². The molecular formula is C6H7N3O2. The average molecular weight is 153 g/mol. The highest BCUT2D eigenvalue weighted by Gasteiger charge is 2.07. The monoisotopic (exact) mass is 153 g/mol. The van der Waals surface area contributed by atoms with Gasteiger partial charge in [-0.15, -0.1) is 0 Å². The predicted octanol–water partition coefficient (Wildman–Crippen LogP) is -0.119. The highest BCUT2D eigenvalue weighted by Crippen LogP contribution is 2.06. The normalized spacial score (nSPS) is 12.4. The van der Waals surface area contributed by atoms with Crippen molar-refractivity contribution >= 4 is 0 Å². The second-order valence-corrected chi connectivity index (χ2v) is 2.09. The van der Waals surface area contributed by atoms with Crippen LogP contribution in [0.15, 0.2) is 15.4 Å². The van der Waals surface area contributed by atoms with Crippen molar-refractivity contribution in [3.05, 3.63) is 22.2 Å². The van der Waals surface area contributed by atoms with Crippen molar-refractivity contribution in [3.8, 4) is 6.07 Å². The predicted molar refractivity (Wildman–Crippen MR) is 36.5 cm³/mol. The second kappa shape index (κ2) is 3.03. The molecule has 1 rings (SSSR count). The number of rotatable bonds is 2. The van der Waals surface area contributed by atoms with Crippen LogP contribution in [0.2, 0.25) is 0 Å². The summed E-state index contributed by atoms with van der Waals surface area (Å²) in [6.07, 6.45) is 0.162. The molecule has 0 saturated carbocycles. The van der Waals surface area contributed by atoms with Crippen LogP contribution in [0, 0.1) is 11.3 Å². The lowest BCUT2D eigenvalue weighted by atomic mass is 10.2. The van der Waals surface area contributed by atoms with E-state index in [1.807, 2.05) is 6.07 Å². The molecule has 1 aromatic rings. The highest BCUT2D eigenvalue weighted by molar-refractivity contribution is 5.04. The number of H-pyrrole nitrogens is 1. The van der Waals surface area contributed by atoms with Crippen LogP contribution in [0.5, 0.6) is 0 Å². The minimum Gasteiger partial charge on any atom is -0.339 e. The van der Waals surface area contributed by atoms with E-state index in [4.69, 9.17) is 11.0 Å². The van der Waals surface area contributed by atoms with Gasteiger partial charge in [-0.3, -0.25) is 0 Å². The van der Waals surface area contributed by atoms with Crippen LogP contribution in [0.1, 0.15) is 18.2 Å². The summed E-state index contributed by atoms with van der Waals surface area (Å²) in [5.74, 6) is 0. The molecule has 5 heteroatoms. The third-order valence-electron chi connectivity index (χ3n) is 1.25. The topological polar surface area (TPSA) is 95.8 Å². The molecule has 1 heterocycles. The van der Waals surface area contributed by atoms with E-state index < -0.39 is 11.7 Å². The van der Waals surface area contributed by atoms with Crippen LogP contribution in [-0.2, 0) is 0 Å². The molecular weight excluding hydrogens is 146 g/mol. The van der Waals surface area contributed by atoms with Gasteiger partial charge in [-0.2, -0.15) is 5.26 Å². The highest BCUT2D eigenvalue weighted by atomic mass is 16.5. The molecule has 11 heavy (non-hydrogen) atoms. The van der Waals surface area contributed by atoms with Crippen molar-refractivity contribution in [2.24, 2.45) is 5.73 Å². The second-order valence-electron chi connectivity index (χ2n) is 2.09. The first-order chi connectivity index (χ1) is 5.24. The Bertz CT molecular complexity index is 319. The Kier molecular flexibility index (Phi) is 2.09. The number of nitriles is 1. The summed E-state index contributed by atoms with van der Waals surface area (Å²) in [6.45, 7) is 0. The van der Waals surface area contributed by atoms with E-state index in [-0.39, 0.29) is 6.42 Å². The van der Waals surface area contributed by atoms with Gasteiger partial charge in [0.25, 0.3) is 0 Å². The lowest BCUT2D eigenvalue weighted by molar-refractivity contribution is 0.380. The Morgan fingerprint density at radius 3 is 3.09 bits per heavy atom. The fourth-order valence-corrected chi connectivity index (χ4v) is 0.686. The zero-order chi connectivity index (χ0) is 8.27. The van der Waals surface area contributed by atoms with Crippen LogP contribution in [0.4, 0.5) is 0 Å². The largest absolute Gasteiger partial charge is 0.357 e. The van der Waals surface area contributed by atoms with Gasteiger partial charge >= 0.3 is 5.63 Å². The first kappa shape index (κ1) is 7.57. The minimum atomic E-state index is -0.478. The third kappa shape index (κ3) is 1.69. The number of aromatic nitrogens is 1. The quantitative estimate of drug-likeness (QED) is 0.619. The maximum Gasteiger partial charge on any atom is 0.357 e. The Hall–Kier alpha value is -1.54. The lowest BCUT2D eigenvalue weighted by Gasteiger charge is -1.99. The van der Waals surface area contributed by atoms with Crippen molar-refractivity contribution in [2.75, 3.05) is 0 Å². The number of nitrogens with one attached hydrogen (secondary N) is 1. The van der Waals surface area contributed by atoms with Gasteiger partial charge in [0.05, 0.1) is 24.2 Å². The first-order valence-corrected chi connectivity index (χ1v) is 3.05. The Balaban J connectivity index is 2.78. The molecule has 0 spiro atoms. The molecule has 1 atom stereocenters. The number of hydrogen-bond acceptors (Lipinski definition) is 4. The van der Waals surface area contributed by atoms with Crippen molar-refractivity contribution in [1.29, 1.82) is 5.26 Å². The molecule has 5 nitrogen and oxygen atoms in total. The smallest absolute Gasteiger partial charge is 0.339 e. The average Bonchev–Trinajstić information content (AvgIpc) is 2.36. The Morgan fingerprint density at radius 1 is 1.91 bits per heavy atom. The summed E-state index contributed by atoms with van der Waals surface area (Å²) < 4.78 is 4.36. The first-order valence-electron chi connectivity index (χ1n) is 3.05. The molecule has 0 amide bonds. The molecule has 1 aromatic heterocycles. The lowest BCUT2D eigenvalue weighted by Crippen LogP contribution is -2.09. The molecule has 0 aromatic carbocycles. The molecule has 0 aliphatic carbocycles. The van der Waals surface area contributed by atoms with Gasteiger partial charge in [-0.05, 0) is 0 Å². The third-order valence-corrected chi connectivity index (χ3v) is 1.25. The SMILES string of the molecule is N#CC[C@H](N)c1cc(=O)o[nH]1. The van der Waals surface area contributed by atoms with Gasteiger partial charge in [0.2, 0.25) is 0 Å². The van der Waals surface area contributed by atoms with E-state index >= 15 is 0 Å². The summed E-state index contributed by atoms with van der Waals surface area (Å²) in [6, 6.07) is 2.66. The Morgan fingerprint density at radius 2 is 2.64 bits per heavy atom. The molecule has 0 saturated heterocycles. The van der Waals surface area contributed by atoms with Gasteiger partial charge in [-0.25, -0.2) is 9.95 Å². The van der Waals surface area contributed by atoms with Crippen LogP contribution < -0.4 is 11.4 Å². The van der Waals surface area contributed by atoms with Crippen LogP contribution >= 0.6 is 0 Å². The van der Waals surface area contributed by atoms with E-state index in [1.165, 1.54) is 6.07 Å². The molecule has 58 valence electrons. The Labute approximate surface area is 62.4 Å². The van der Waals surface area contributed by atoms with Crippen molar-refractivity contribution in [2.45, 2.75) is 12.5 Å². The molecule has 0 aliphatic heterocycles. The number of nitrogens with two attached hydrogens (primary N) is 1. The van der Waals surface area contributed by atoms with E-state index in [2.05, 4.69) is 9.68 Å². The maximum absolute atomic E-state index is 10.5. The van der Waals surface area contributed by atoms with Crippen LogP contribution in [0.3, 0.4) is 0 Å². The number of nitrogens with zero attached hydrogens (tertiary/aromatic N) is 1. The maximum atomic E-state index is 10.5. The number of hydrogen-bond donors (Lipinski definition) is 2. The van der Waals surface area contributed by atoms with Crippen molar-refractivity contribution in [3.63, 3.8) is 0 Å². The zero-order valence-corrected chi connectivity index (χ0v) is 5.70. The zero-order valence-electron chi connectivity index (χ0n) is 5.70. The van der Waals surface area contributed by atoms with E-state index in [0.29, 0.717) is 5.69 Å². The van der Waals surface area contributed by atoms with E-state index in [0.717, 1.165) is 0 Å².